The lowest BCUT2D eigenvalue weighted by molar-refractivity contribution is -0.130. The van der Waals surface area contributed by atoms with Crippen molar-refractivity contribution in [2.45, 2.75) is 13.8 Å². The molecular formula is C24H20O3. The molecule has 0 unspecified atom stereocenters. The van der Waals surface area contributed by atoms with Crippen molar-refractivity contribution in [1.29, 1.82) is 0 Å². The van der Waals surface area contributed by atoms with Gasteiger partial charge in [-0.1, -0.05) is 60.2 Å². The molecule has 0 aliphatic carbocycles. The van der Waals surface area contributed by atoms with Crippen LogP contribution in [0.2, 0.25) is 0 Å². The van der Waals surface area contributed by atoms with E-state index in [9.17, 15) is 4.79 Å². The smallest absolute Gasteiger partial charge is 0.343 e. The lowest BCUT2D eigenvalue weighted by atomic mass is 10.0. The lowest BCUT2D eigenvalue weighted by Crippen LogP contribution is -1.97. The highest BCUT2D eigenvalue weighted by atomic mass is 16.5. The van der Waals surface area contributed by atoms with E-state index in [1.54, 1.807) is 6.08 Å². The molecule has 0 saturated carbocycles. The predicted molar refractivity (Wildman–Crippen MR) is 108 cm³/mol. The molecule has 1 aliphatic rings. The number of carbonyl (C=O) groups is 1. The van der Waals surface area contributed by atoms with Crippen molar-refractivity contribution in [2.24, 2.45) is 0 Å². The van der Waals surface area contributed by atoms with Crippen LogP contribution in [0.25, 0.3) is 22.6 Å². The minimum Gasteiger partial charge on any atom is -0.493 e. The van der Waals surface area contributed by atoms with Gasteiger partial charge in [0.05, 0.1) is 12.2 Å². The first-order valence-corrected chi connectivity index (χ1v) is 9.03. The molecule has 3 aromatic rings. The average Bonchev–Trinajstić information content (AvgIpc) is 3.05. The second kappa shape index (κ2) is 7.12. The summed E-state index contributed by atoms with van der Waals surface area (Å²) in [5.41, 5.74) is 3.57. The number of ether oxygens (including phenoxy) is 2. The SMILES string of the molecule is CCOc1ccc(/C=C2\C=C(c3ccc(C)cc3)OC2=O)c2ccccc12. The monoisotopic (exact) mass is 356 g/mol. The third-order valence-electron chi connectivity index (χ3n) is 4.59. The first kappa shape index (κ1) is 17.1. The Bertz CT molecular complexity index is 1070. The molecule has 0 atom stereocenters. The van der Waals surface area contributed by atoms with E-state index in [0.29, 0.717) is 17.9 Å². The van der Waals surface area contributed by atoms with Crippen molar-refractivity contribution in [3.63, 3.8) is 0 Å². The molecule has 0 amide bonds. The summed E-state index contributed by atoms with van der Waals surface area (Å²) in [6.07, 6.45) is 3.68. The Hall–Kier alpha value is -3.33. The molecule has 0 spiro atoms. The van der Waals surface area contributed by atoms with Crippen molar-refractivity contribution in [2.75, 3.05) is 6.61 Å². The molecule has 3 aromatic carbocycles. The van der Waals surface area contributed by atoms with Crippen LogP contribution in [-0.2, 0) is 9.53 Å². The number of carbonyl (C=O) groups excluding carboxylic acids is 1. The first-order chi connectivity index (χ1) is 13.2. The summed E-state index contributed by atoms with van der Waals surface area (Å²) in [6.45, 7) is 4.61. The summed E-state index contributed by atoms with van der Waals surface area (Å²) in [7, 11) is 0. The van der Waals surface area contributed by atoms with Crippen molar-refractivity contribution in [3.8, 4) is 5.75 Å². The first-order valence-electron chi connectivity index (χ1n) is 9.03. The van der Waals surface area contributed by atoms with Gasteiger partial charge in [-0.05, 0) is 43.0 Å². The molecule has 0 fully saturated rings. The van der Waals surface area contributed by atoms with Gasteiger partial charge in [-0.2, -0.15) is 0 Å². The van der Waals surface area contributed by atoms with Crippen LogP contribution in [0.3, 0.4) is 0 Å². The number of esters is 1. The fourth-order valence-corrected chi connectivity index (χ4v) is 3.22. The minimum atomic E-state index is -0.330. The summed E-state index contributed by atoms with van der Waals surface area (Å²) in [5.74, 6) is 1.10. The molecule has 0 radical (unpaired) electrons. The summed E-state index contributed by atoms with van der Waals surface area (Å²) in [6, 6.07) is 19.9. The van der Waals surface area contributed by atoms with Gasteiger partial charge in [0.2, 0.25) is 0 Å². The largest absolute Gasteiger partial charge is 0.493 e. The van der Waals surface area contributed by atoms with E-state index in [4.69, 9.17) is 9.47 Å². The van der Waals surface area contributed by atoms with Crippen molar-refractivity contribution < 1.29 is 14.3 Å². The van der Waals surface area contributed by atoms with E-state index in [1.165, 1.54) is 5.56 Å². The molecule has 0 saturated heterocycles. The Morgan fingerprint density at radius 3 is 2.44 bits per heavy atom. The zero-order valence-corrected chi connectivity index (χ0v) is 15.4. The number of rotatable bonds is 4. The summed E-state index contributed by atoms with van der Waals surface area (Å²) in [5, 5.41) is 2.07. The molecule has 1 aliphatic heterocycles. The number of benzene rings is 3. The zero-order valence-electron chi connectivity index (χ0n) is 15.4. The van der Waals surface area contributed by atoms with Gasteiger partial charge in [0, 0.05) is 10.9 Å². The maximum atomic E-state index is 12.4. The maximum Gasteiger partial charge on any atom is 0.343 e. The van der Waals surface area contributed by atoms with Gasteiger partial charge < -0.3 is 9.47 Å². The maximum absolute atomic E-state index is 12.4. The summed E-state index contributed by atoms with van der Waals surface area (Å²) < 4.78 is 11.2. The van der Waals surface area contributed by atoms with Crippen LogP contribution in [-0.4, -0.2) is 12.6 Å². The number of hydrogen-bond donors (Lipinski definition) is 0. The molecule has 134 valence electrons. The second-order valence-electron chi connectivity index (χ2n) is 6.50. The molecular weight excluding hydrogens is 336 g/mol. The standard InChI is InChI=1S/C24H20O3/c1-3-26-22-13-12-18(20-6-4-5-7-21(20)22)14-19-15-23(27-24(19)25)17-10-8-16(2)9-11-17/h4-15H,3H2,1-2H3/b19-14+. The quantitative estimate of drug-likeness (QED) is 0.455. The number of aryl methyl sites for hydroxylation is 1. The molecule has 3 nitrogen and oxygen atoms in total. The van der Waals surface area contributed by atoms with Gasteiger partial charge in [-0.3, -0.25) is 0 Å². The molecule has 0 bridgehead atoms. The van der Waals surface area contributed by atoms with Crippen LogP contribution in [0.15, 0.2) is 72.3 Å². The third kappa shape index (κ3) is 3.36. The van der Waals surface area contributed by atoms with Crippen molar-refractivity contribution in [1.82, 2.24) is 0 Å². The highest BCUT2D eigenvalue weighted by Crippen LogP contribution is 2.32. The van der Waals surface area contributed by atoms with Crippen LogP contribution in [0.5, 0.6) is 5.75 Å². The number of fused-ring (bicyclic) bond motifs is 1. The summed E-state index contributed by atoms with van der Waals surface area (Å²) >= 11 is 0. The van der Waals surface area contributed by atoms with Crippen LogP contribution in [0.1, 0.15) is 23.6 Å². The molecule has 4 rings (SSSR count). The fraction of sp³-hybridized carbons (Fsp3) is 0.125. The molecule has 1 heterocycles. The van der Waals surface area contributed by atoms with Crippen LogP contribution < -0.4 is 4.74 Å². The van der Waals surface area contributed by atoms with Crippen LogP contribution in [0.4, 0.5) is 0 Å². The Morgan fingerprint density at radius 2 is 1.70 bits per heavy atom. The third-order valence-corrected chi connectivity index (χ3v) is 4.59. The minimum absolute atomic E-state index is 0.330. The van der Waals surface area contributed by atoms with Gasteiger partial charge in [0.25, 0.3) is 0 Å². The van der Waals surface area contributed by atoms with Gasteiger partial charge >= 0.3 is 5.97 Å². The fourth-order valence-electron chi connectivity index (χ4n) is 3.22. The normalized spacial score (nSPS) is 15.1. The van der Waals surface area contributed by atoms with Crippen LogP contribution in [0, 0.1) is 6.92 Å². The van der Waals surface area contributed by atoms with Gasteiger partial charge in [-0.15, -0.1) is 0 Å². The Morgan fingerprint density at radius 1 is 0.963 bits per heavy atom. The average molecular weight is 356 g/mol. The van der Waals surface area contributed by atoms with E-state index in [-0.39, 0.29) is 5.97 Å². The second-order valence-corrected chi connectivity index (χ2v) is 6.50. The molecule has 3 heteroatoms. The van der Waals surface area contributed by atoms with E-state index < -0.39 is 0 Å². The zero-order chi connectivity index (χ0) is 18.8. The van der Waals surface area contributed by atoms with Crippen molar-refractivity contribution in [3.05, 3.63) is 89.0 Å². The number of hydrogen-bond acceptors (Lipinski definition) is 3. The Balaban J connectivity index is 1.76. The van der Waals surface area contributed by atoms with E-state index in [1.807, 2.05) is 80.6 Å². The van der Waals surface area contributed by atoms with Crippen molar-refractivity contribution >= 4 is 28.6 Å². The highest BCUT2D eigenvalue weighted by Gasteiger charge is 2.22. The summed E-state index contributed by atoms with van der Waals surface area (Å²) in [4.78, 5) is 12.4. The highest BCUT2D eigenvalue weighted by molar-refractivity contribution is 6.07. The molecule has 27 heavy (non-hydrogen) atoms. The van der Waals surface area contributed by atoms with Gasteiger partial charge in [-0.25, -0.2) is 4.79 Å². The Labute approximate surface area is 158 Å². The lowest BCUT2D eigenvalue weighted by Gasteiger charge is -2.09. The van der Waals surface area contributed by atoms with E-state index >= 15 is 0 Å². The Kier molecular flexibility index (Phi) is 4.51. The number of cyclic esters (lactones) is 1. The van der Waals surface area contributed by atoms with Gasteiger partial charge in [0.1, 0.15) is 11.5 Å². The van der Waals surface area contributed by atoms with Gasteiger partial charge in [0.15, 0.2) is 0 Å². The molecule has 0 aromatic heterocycles. The predicted octanol–water partition coefficient (Wildman–Crippen LogP) is 5.53. The van der Waals surface area contributed by atoms with Crippen LogP contribution >= 0.6 is 0 Å². The van der Waals surface area contributed by atoms with E-state index in [2.05, 4.69) is 0 Å². The topological polar surface area (TPSA) is 35.5 Å². The van der Waals surface area contributed by atoms with E-state index in [0.717, 1.165) is 27.6 Å². The molecule has 0 N–H and O–H groups in total.